The Morgan fingerprint density at radius 2 is 1.78 bits per heavy atom. The summed E-state index contributed by atoms with van der Waals surface area (Å²) in [5, 5.41) is 3.71. The van der Waals surface area contributed by atoms with E-state index in [0.717, 1.165) is 16.9 Å². The van der Waals surface area contributed by atoms with Gasteiger partial charge >= 0.3 is 6.09 Å². The van der Waals surface area contributed by atoms with Crippen molar-refractivity contribution in [2.45, 2.75) is 33.0 Å². The summed E-state index contributed by atoms with van der Waals surface area (Å²) in [6.07, 6.45) is 3.34. The van der Waals surface area contributed by atoms with Crippen molar-refractivity contribution in [3.05, 3.63) is 69.7 Å². The van der Waals surface area contributed by atoms with Gasteiger partial charge in [0.1, 0.15) is 18.0 Å². The Bertz CT molecular complexity index is 796. The van der Waals surface area contributed by atoms with Gasteiger partial charge in [-0.15, -0.1) is 0 Å². The number of hydrogen-bond acceptors (Lipinski definition) is 3. The third-order valence-corrected chi connectivity index (χ3v) is 4.08. The number of hydrogen-bond donors (Lipinski definition) is 1. The van der Waals surface area contributed by atoms with E-state index in [1.807, 2.05) is 63.3 Å². The van der Waals surface area contributed by atoms with Crippen LogP contribution in [0, 0.1) is 0 Å². The van der Waals surface area contributed by atoms with Crippen LogP contribution in [0.5, 0.6) is 5.75 Å². The smallest absolute Gasteiger partial charge is 0.407 e. The molecule has 4 nitrogen and oxygen atoms in total. The molecule has 0 fully saturated rings. The molecule has 1 amide bonds. The average molecular weight is 408 g/mol. The van der Waals surface area contributed by atoms with E-state index in [1.54, 1.807) is 12.1 Å². The number of rotatable bonds is 6. The van der Waals surface area contributed by atoms with Crippen LogP contribution < -0.4 is 10.1 Å². The number of alkyl carbamates (subject to hydrolysis) is 1. The minimum atomic E-state index is -0.499. The third-order valence-electron chi connectivity index (χ3n) is 3.34. The van der Waals surface area contributed by atoms with Gasteiger partial charge in [0.05, 0.1) is 10.0 Å². The number of carbonyl (C=O) groups is 1. The first-order valence-corrected chi connectivity index (χ1v) is 9.29. The summed E-state index contributed by atoms with van der Waals surface area (Å²) in [5.74, 6) is 0.755. The van der Waals surface area contributed by atoms with Gasteiger partial charge in [0.25, 0.3) is 0 Å². The van der Waals surface area contributed by atoms with Crippen LogP contribution in [0.4, 0.5) is 4.79 Å². The van der Waals surface area contributed by atoms with E-state index < -0.39 is 11.7 Å². The van der Waals surface area contributed by atoms with Crippen molar-refractivity contribution >= 4 is 35.4 Å². The second kappa shape index (κ2) is 9.67. The second-order valence-electron chi connectivity index (χ2n) is 6.89. The van der Waals surface area contributed by atoms with Gasteiger partial charge in [-0.3, -0.25) is 0 Å². The van der Waals surface area contributed by atoms with Gasteiger partial charge < -0.3 is 14.8 Å². The molecule has 0 heterocycles. The Morgan fingerprint density at radius 1 is 1.07 bits per heavy atom. The monoisotopic (exact) mass is 407 g/mol. The molecule has 0 spiro atoms. The van der Waals surface area contributed by atoms with Crippen molar-refractivity contribution in [1.82, 2.24) is 5.32 Å². The highest BCUT2D eigenvalue weighted by Crippen LogP contribution is 2.23. The molecule has 0 aliphatic rings. The number of nitrogens with one attached hydrogen (secondary N) is 1. The maximum atomic E-state index is 11.5. The molecular weight excluding hydrogens is 385 g/mol. The summed E-state index contributed by atoms with van der Waals surface area (Å²) in [4.78, 5) is 11.5. The van der Waals surface area contributed by atoms with Crippen molar-refractivity contribution in [2.24, 2.45) is 0 Å². The first-order valence-electron chi connectivity index (χ1n) is 8.53. The highest BCUT2D eigenvalue weighted by molar-refractivity contribution is 6.42. The molecule has 27 heavy (non-hydrogen) atoms. The lowest BCUT2D eigenvalue weighted by Gasteiger charge is -2.19. The Balaban J connectivity index is 1.79. The van der Waals surface area contributed by atoms with E-state index in [2.05, 4.69) is 5.32 Å². The van der Waals surface area contributed by atoms with Crippen molar-refractivity contribution in [2.75, 3.05) is 6.54 Å². The van der Waals surface area contributed by atoms with E-state index in [0.29, 0.717) is 23.2 Å². The number of ether oxygens (including phenoxy) is 2. The molecule has 0 bridgehead atoms. The molecule has 0 aliphatic carbocycles. The van der Waals surface area contributed by atoms with Crippen LogP contribution in [0.25, 0.3) is 6.08 Å². The predicted molar refractivity (Wildman–Crippen MR) is 111 cm³/mol. The molecule has 0 saturated heterocycles. The number of amides is 1. The first-order chi connectivity index (χ1) is 12.7. The maximum absolute atomic E-state index is 11.5. The standard InChI is InChI=1S/C21H23Cl2NO3/c1-21(2,3)27-20(25)24-12-4-5-15-6-9-17(10-7-15)26-14-16-8-11-18(22)19(23)13-16/h4-11,13H,12,14H2,1-3H3,(H,24,25). The van der Waals surface area contributed by atoms with Gasteiger partial charge in [-0.25, -0.2) is 4.79 Å². The minimum absolute atomic E-state index is 0.393. The molecule has 2 aromatic carbocycles. The molecule has 1 N–H and O–H groups in total. The van der Waals surface area contributed by atoms with Gasteiger partial charge in [0, 0.05) is 6.54 Å². The Morgan fingerprint density at radius 3 is 2.41 bits per heavy atom. The van der Waals surface area contributed by atoms with E-state index in [9.17, 15) is 4.79 Å². The van der Waals surface area contributed by atoms with Crippen LogP contribution in [0.15, 0.2) is 48.5 Å². The van der Waals surface area contributed by atoms with Crippen molar-refractivity contribution < 1.29 is 14.3 Å². The molecule has 0 radical (unpaired) electrons. The van der Waals surface area contributed by atoms with Crippen LogP contribution in [0.3, 0.4) is 0 Å². The van der Waals surface area contributed by atoms with Crippen LogP contribution in [0.2, 0.25) is 10.0 Å². The zero-order valence-corrected chi connectivity index (χ0v) is 17.1. The summed E-state index contributed by atoms with van der Waals surface area (Å²) in [6, 6.07) is 13.1. The second-order valence-corrected chi connectivity index (χ2v) is 7.71. The molecule has 0 atom stereocenters. The van der Waals surface area contributed by atoms with Gasteiger partial charge in [-0.2, -0.15) is 0 Å². The molecule has 6 heteroatoms. The topological polar surface area (TPSA) is 47.6 Å². The van der Waals surface area contributed by atoms with Gasteiger partial charge in [0.2, 0.25) is 0 Å². The Hall–Kier alpha value is -2.17. The number of halogens is 2. The van der Waals surface area contributed by atoms with Gasteiger partial charge in [-0.05, 0) is 56.2 Å². The summed E-state index contributed by atoms with van der Waals surface area (Å²) >= 11 is 11.9. The molecule has 2 aromatic rings. The van der Waals surface area contributed by atoms with Gasteiger partial charge in [-0.1, -0.05) is 53.6 Å². The van der Waals surface area contributed by atoms with E-state index in [1.165, 1.54) is 0 Å². The van der Waals surface area contributed by atoms with Crippen LogP contribution in [0.1, 0.15) is 31.9 Å². The summed E-state index contributed by atoms with van der Waals surface area (Å²) < 4.78 is 10.9. The summed E-state index contributed by atoms with van der Waals surface area (Å²) in [6.45, 7) is 6.28. The lowest BCUT2D eigenvalue weighted by Crippen LogP contribution is -2.32. The minimum Gasteiger partial charge on any atom is -0.489 e. The van der Waals surface area contributed by atoms with Crippen molar-refractivity contribution in [3.8, 4) is 5.75 Å². The SMILES string of the molecule is CC(C)(C)OC(=O)NCC=Cc1ccc(OCc2ccc(Cl)c(Cl)c2)cc1. The quantitative estimate of drug-likeness (QED) is 0.627. The lowest BCUT2D eigenvalue weighted by molar-refractivity contribution is 0.0534. The fourth-order valence-corrected chi connectivity index (χ4v) is 2.44. The van der Waals surface area contributed by atoms with Crippen molar-refractivity contribution in [3.63, 3.8) is 0 Å². The molecule has 2 rings (SSSR count). The van der Waals surface area contributed by atoms with E-state index in [-0.39, 0.29) is 0 Å². The van der Waals surface area contributed by atoms with Crippen LogP contribution in [-0.2, 0) is 11.3 Å². The molecule has 0 unspecified atom stereocenters. The van der Waals surface area contributed by atoms with E-state index >= 15 is 0 Å². The predicted octanol–water partition coefficient (Wildman–Crippen LogP) is 6.11. The molecule has 144 valence electrons. The first kappa shape index (κ1) is 21.1. The van der Waals surface area contributed by atoms with Crippen LogP contribution >= 0.6 is 23.2 Å². The molecule has 0 aliphatic heterocycles. The summed E-state index contributed by atoms with van der Waals surface area (Å²) in [7, 11) is 0. The van der Waals surface area contributed by atoms with E-state index in [4.69, 9.17) is 32.7 Å². The Kier molecular flexibility index (Phi) is 7.57. The largest absolute Gasteiger partial charge is 0.489 e. The average Bonchev–Trinajstić information content (AvgIpc) is 2.59. The third kappa shape index (κ3) is 7.94. The Labute approximate surface area is 170 Å². The molecule has 0 aromatic heterocycles. The fraction of sp³-hybridized carbons (Fsp3) is 0.286. The highest BCUT2D eigenvalue weighted by Gasteiger charge is 2.14. The number of benzene rings is 2. The zero-order valence-electron chi connectivity index (χ0n) is 15.6. The zero-order chi connectivity index (χ0) is 19.9. The van der Waals surface area contributed by atoms with Gasteiger partial charge in [0.15, 0.2) is 0 Å². The van der Waals surface area contributed by atoms with Crippen molar-refractivity contribution in [1.29, 1.82) is 0 Å². The highest BCUT2D eigenvalue weighted by atomic mass is 35.5. The fourth-order valence-electron chi connectivity index (χ4n) is 2.12. The lowest BCUT2D eigenvalue weighted by atomic mass is 10.2. The summed E-state index contributed by atoms with van der Waals surface area (Å²) in [5.41, 5.74) is 1.45. The normalized spacial score (nSPS) is 11.4. The molecular formula is C21H23Cl2NO3. The van der Waals surface area contributed by atoms with Crippen LogP contribution in [-0.4, -0.2) is 18.2 Å². The number of carbonyl (C=O) groups excluding carboxylic acids is 1. The molecule has 0 saturated carbocycles. The maximum Gasteiger partial charge on any atom is 0.407 e.